The summed E-state index contributed by atoms with van der Waals surface area (Å²) in [5, 5.41) is 16.0. The van der Waals surface area contributed by atoms with Crippen LogP contribution in [0.1, 0.15) is 25.0 Å². The molecule has 8 heteroatoms. The molecule has 0 aromatic carbocycles. The lowest BCUT2D eigenvalue weighted by Gasteiger charge is -2.16. The number of nitrogens with one attached hydrogen (secondary N) is 3. The average molecular weight is 299 g/mol. The number of carbonyl (C=O) groups excluding carboxylic acids is 1. The van der Waals surface area contributed by atoms with Gasteiger partial charge in [0.05, 0.1) is 12.5 Å². The fourth-order valence-electron chi connectivity index (χ4n) is 2.47. The number of H-pyrrole nitrogens is 1. The number of aromatic amines is 1. The molecule has 1 aromatic heterocycles. The summed E-state index contributed by atoms with van der Waals surface area (Å²) in [4.78, 5) is 36.0. The van der Waals surface area contributed by atoms with E-state index < -0.39 is 5.97 Å². The highest BCUT2D eigenvalue weighted by molar-refractivity contribution is 7.07. The fraction of sp³-hybridized carbons (Fsp3) is 0.583. The zero-order valence-corrected chi connectivity index (χ0v) is 11.7. The molecule has 1 aliphatic rings. The SMILES string of the molecule is O=C(NCc1csc(=O)[nH]1)NCC1CCCC1C(=O)O. The number of amides is 2. The molecule has 1 aliphatic carbocycles. The normalized spacial score (nSPS) is 21.6. The molecule has 2 rings (SSSR count). The highest BCUT2D eigenvalue weighted by atomic mass is 32.1. The van der Waals surface area contributed by atoms with Crippen molar-refractivity contribution in [3.05, 3.63) is 20.7 Å². The Kier molecular flexibility index (Phi) is 4.78. The number of carboxylic acid groups (broad SMARTS) is 1. The molecule has 2 atom stereocenters. The summed E-state index contributed by atoms with van der Waals surface area (Å²) in [6, 6.07) is -0.354. The van der Waals surface area contributed by atoms with Crippen molar-refractivity contribution < 1.29 is 14.7 Å². The maximum atomic E-state index is 11.6. The van der Waals surface area contributed by atoms with Gasteiger partial charge in [-0.3, -0.25) is 9.59 Å². The van der Waals surface area contributed by atoms with E-state index in [9.17, 15) is 14.4 Å². The molecule has 1 aromatic rings. The van der Waals surface area contributed by atoms with Crippen LogP contribution >= 0.6 is 11.3 Å². The van der Waals surface area contributed by atoms with Crippen LogP contribution in [0, 0.1) is 11.8 Å². The molecular formula is C12H17N3O4S. The van der Waals surface area contributed by atoms with Crippen LogP contribution in [0.15, 0.2) is 10.2 Å². The highest BCUT2D eigenvalue weighted by Gasteiger charge is 2.32. The Bertz CT molecular complexity index is 539. The second-order valence-corrected chi connectivity index (χ2v) is 5.71. The Morgan fingerprint density at radius 3 is 2.85 bits per heavy atom. The Morgan fingerprint density at radius 2 is 2.20 bits per heavy atom. The van der Waals surface area contributed by atoms with Crippen molar-refractivity contribution in [1.29, 1.82) is 0 Å². The Labute approximate surface area is 119 Å². The van der Waals surface area contributed by atoms with Gasteiger partial charge in [0.25, 0.3) is 0 Å². The summed E-state index contributed by atoms with van der Waals surface area (Å²) >= 11 is 1.05. The van der Waals surface area contributed by atoms with Crippen molar-refractivity contribution in [2.75, 3.05) is 6.54 Å². The van der Waals surface area contributed by atoms with Gasteiger partial charge in [0.2, 0.25) is 0 Å². The Hall–Kier alpha value is -1.83. The molecule has 2 amide bonds. The third-order valence-corrected chi connectivity index (χ3v) is 4.23. The zero-order chi connectivity index (χ0) is 14.5. The number of thiazole rings is 1. The van der Waals surface area contributed by atoms with E-state index in [4.69, 9.17) is 5.11 Å². The van der Waals surface area contributed by atoms with Gasteiger partial charge in [-0.2, -0.15) is 0 Å². The quantitative estimate of drug-likeness (QED) is 0.642. The minimum atomic E-state index is -0.787. The maximum Gasteiger partial charge on any atom is 0.315 e. The van der Waals surface area contributed by atoms with Crippen molar-refractivity contribution >= 4 is 23.3 Å². The van der Waals surface area contributed by atoms with Crippen molar-refractivity contribution in [2.24, 2.45) is 11.8 Å². The molecular weight excluding hydrogens is 282 g/mol. The van der Waals surface area contributed by atoms with E-state index in [0.29, 0.717) is 18.7 Å². The molecule has 20 heavy (non-hydrogen) atoms. The minimum Gasteiger partial charge on any atom is -0.481 e. The van der Waals surface area contributed by atoms with Crippen LogP contribution in [0.4, 0.5) is 4.79 Å². The van der Waals surface area contributed by atoms with Crippen LogP contribution in [-0.4, -0.2) is 28.6 Å². The van der Waals surface area contributed by atoms with Crippen LogP contribution in [0.5, 0.6) is 0 Å². The van der Waals surface area contributed by atoms with E-state index in [2.05, 4.69) is 15.6 Å². The van der Waals surface area contributed by atoms with Gasteiger partial charge in [-0.25, -0.2) is 4.79 Å². The van der Waals surface area contributed by atoms with Crippen molar-refractivity contribution in [2.45, 2.75) is 25.8 Å². The molecule has 0 radical (unpaired) electrons. The van der Waals surface area contributed by atoms with E-state index in [0.717, 1.165) is 24.2 Å². The Balaban J connectivity index is 1.72. The highest BCUT2D eigenvalue weighted by Crippen LogP contribution is 2.31. The summed E-state index contributed by atoms with van der Waals surface area (Å²) in [5.41, 5.74) is 0.652. The van der Waals surface area contributed by atoms with E-state index in [-0.39, 0.29) is 29.3 Å². The van der Waals surface area contributed by atoms with Gasteiger partial charge in [0.15, 0.2) is 0 Å². The van der Waals surface area contributed by atoms with Gasteiger partial charge >= 0.3 is 16.9 Å². The third kappa shape index (κ3) is 3.83. The largest absolute Gasteiger partial charge is 0.481 e. The number of carboxylic acids is 1. The lowest BCUT2D eigenvalue weighted by molar-refractivity contribution is -0.142. The number of hydrogen-bond acceptors (Lipinski definition) is 4. The van der Waals surface area contributed by atoms with Gasteiger partial charge in [-0.05, 0) is 18.8 Å². The van der Waals surface area contributed by atoms with Crippen LogP contribution in [0.3, 0.4) is 0 Å². The lowest BCUT2D eigenvalue weighted by Crippen LogP contribution is -2.39. The first kappa shape index (κ1) is 14.6. The summed E-state index contributed by atoms with van der Waals surface area (Å²) in [7, 11) is 0. The van der Waals surface area contributed by atoms with Crippen LogP contribution in [-0.2, 0) is 11.3 Å². The predicted octanol–water partition coefficient (Wildman–Crippen LogP) is 0.736. The fourth-order valence-corrected chi connectivity index (χ4v) is 3.05. The van der Waals surface area contributed by atoms with E-state index in [1.807, 2.05) is 0 Å². The summed E-state index contributed by atoms with van der Waals surface area (Å²) < 4.78 is 0. The topological polar surface area (TPSA) is 111 Å². The number of aromatic nitrogens is 1. The summed E-state index contributed by atoms with van der Waals surface area (Å²) in [6.07, 6.45) is 2.40. The average Bonchev–Trinajstić information content (AvgIpc) is 3.02. The number of rotatable bonds is 5. The molecule has 1 fully saturated rings. The standard InChI is InChI=1S/C12H17N3O4S/c16-10(17)9-3-1-2-7(9)4-13-11(18)14-5-8-6-20-12(19)15-8/h6-7,9H,1-5H2,(H,15,19)(H,16,17)(H2,13,14,18). The second kappa shape index (κ2) is 6.56. The number of urea groups is 1. The third-order valence-electron chi connectivity index (χ3n) is 3.51. The number of aliphatic carboxylic acids is 1. The van der Waals surface area contributed by atoms with E-state index in [1.165, 1.54) is 0 Å². The first-order valence-corrected chi connectivity index (χ1v) is 7.35. The van der Waals surface area contributed by atoms with Crippen LogP contribution in [0.25, 0.3) is 0 Å². The van der Waals surface area contributed by atoms with E-state index >= 15 is 0 Å². The maximum absolute atomic E-state index is 11.6. The summed E-state index contributed by atoms with van der Waals surface area (Å²) in [5.74, 6) is -1.15. The Morgan fingerprint density at radius 1 is 1.40 bits per heavy atom. The molecule has 0 aliphatic heterocycles. The lowest BCUT2D eigenvalue weighted by atomic mass is 9.96. The van der Waals surface area contributed by atoms with E-state index in [1.54, 1.807) is 5.38 Å². The molecule has 4 N–H and O–H groups in total. The smallest absolute Gasteiger partial charge is 0.315 e. The molecule has 1 heterocycles. The van der Waals surface area contributed by atoms with Gasteiger partial charge < -0.3 is 20.7 Å². The number of carbonyl (C=O) groups is 2. The first-order chi connectivity index (χ1) is 9.56. The molecule has 110 valence electrons. The first-order valence-electron chi connectivity index (χ1n) is 6.47. The molecule has 0 spiro atoms. The van der Waals surface area contributed by atoms with Gasteiger partial charge in [0.1, 0.15) is 0 Å². The molecule has 7 nitrogen and oxygen atoms in total. The van der Waals surface area contributed by atoms with Crippen molar-refractivity contribution in [3.63, 3.8) is 0 Å². The van der Waals surface area contributed by atoms with Gasteiger partial charge in [-0.15, -0.1) is 0 Å². The predicted molar refractivity (Wildman–Crippen MR) is 73.6 cm³/mol. The molecule has 0 bridgehead atoms. The van der Waals surface area contributed by atoms with Crippen LogP contribution < -0.4 is 15.5 Å². The molecule has 2 unspecified atom stereocenters. The second-order valence-electron chi connectivity index (χ2n) is 4.87. The zero-order valence-electron chi connectivity index (χ0n) is 10.8. The van der Waals surface area contributed by atoms with Crippen molar-refractivity contribution in [1.82, 2.24) is 15.6 Å². The minimum absolute atomic E-state index is 0.000737. The number of hydrogen-bond donors (Lipinski definition) is 4. The summed E-state index contributed by atoms with van der Waals surface area (Å²) in [6.45, 7) is 0.612. The molecule has 0 saturated heterocycles. The molecule has 1 saturated carbocycles. The van der Waals surface area contributed by atoms with Gasteiger partial charge in [-0.1, -0.05) is 17.8 Å². The van der Waals surface area contributed by atoms with Crippen LogP contribution in [0.2, 0.25) is 0 Å². The van der Waals surface area contributed by atoms with Crippen molar-refractivity contribution in [3.8, 4) is 0 Å². The monoisotopic (exact) mass is 299 g/mol. The van der Waals surface area contributed by atoms with Gasteiger partial charge in [0, 0.05) is 17.6 Å².